The highest BCUT2D eigenvalue weighted by atomic mass is 16.8. The average Bonchev–Trinajstić information content (AvgIpc) is 3.57. The van der Waals surface area contributed by atoms with Crippen molar-refractivity contribution in [3.05, 3.63) is 24.3 Å². The summed E-state index contributed by atoms with van der Waals surface area (Å²) in [5.74, 6) is -0.275. The predicted molar refractivity (Wildman–Crippen MR) is 310 cm³/mol. The zero-order valence-corrected chi connectivity index (χ0v) is 49.8. The van der Waals surface area contributed by atoms with Gasteiger partial charge in [0.25, 0.3) is 0 Å². The van der Waals surface area contributed by atoms with E-state index in [2.05, 4.69) is 31.3 Å². The summed E-state index contributed by atoms with van der Waals surface area (Å²) in [6, 6.07) is -0.969. The zero-order chi connectivity index (χ0) is 59.0. The van der Waals surface area contributed by atoms with Gasteiger partial charge < -0.3 is 89.9 Å². The van der Waals surface area contributed by atoms with Crippen LogP contribution in [0.15, 0.2) is 24.3 Å². The van der Waals surface area contributed by atoms with Crippen LogP contribution in [0.1, 0.15) is 232 Å². The van der Waals surface area contributed by atoms with Crippen molar-refractivity contribution in [2.24, 2.45) is 0 Å². The molecule has 3 fully saturated rings. The molecule has 17 atom stereocenters. The van der Waals surface area contributed by atoms with Crippen LogP contribution < -0.4 is 5.32 Å². The number of carbonyl (C=O) groups is 1. The molecule has 0 aliphatic carbocycles. The SMILES string of the molecule is CCCCCCCC/C=C\CCCCCCCCCCCCCCCC(=O)N[C@@H](CO[C@@H]1O[C@H](CO)[C@@H](O[C@@H]2O[C@H](CO)[C@H](O[C@H]3O[C@H](CO)[C@H](O)[C@H](O)[C@H]3O)[C@H](O)[C@H]2O)[C@H](O)[C@H]1O)[C@H](O)/C=C/CCCCCCCCCCCCC. The van der Waals surface area contributed by atoms with E-state index in [1.807, 2.05) is 6.08 Å². The van der Waals surface area contributed by atoms with E-state index in [9.17, 15) is 61.0 Å². The molecule has 0 aromatic heterocycles. The molecule has 3 aliphatic rings. The van der Waals surface area contributed by atoms with Crippen LogP contribution in [0.2, 0.25) is 0 Å². The van der Waals surface area contributed by atoms with Crippen LogP contribution in [0.25, 0.3) is 0 Å². The van der Waals surface area contributed by atoms with Gasteiger partial charge in [0.2, 0.25) is 5.91 Å². The molecule has 81 heavy (non-hydrogen) atoms. The molecular formula is C62H115NO18. The van der Waals surface area contributed by atoms with Gasteiger partial charge in [-0.05, 0) is 44.9 Å². The van der Waals surface area contributed by atoms with Crippen LogP contribution in [0.4, 0.5) is 0 Å². The molecule has 3 aliphatic heterocycles. The van der Waals surface area contributed by atoms with Gasteiger partial charge in [0.15, 0.2) is 18.9 Å². The van der Waals surface area contributed by atoms with E-state index in [0.717, 1.165) is 44.9 Å². The summed E-state index contributed by atoms with van der Waals surface area (Å²) in [4.78, 5) is 13.3. The molecule has 0 spiro atoms. The molecule has 0 bridgehead atoms. The number of hydrogen-bond donors (Lipinski definition) is 12. The number of amides is 1. The summed E-state index contributed by atoms with van der Waals surface area (Å²) in [6.07, 6.45) is 21.6. The minimum atomic E-state index is -1.98. The Morgan fingerprint density at radius 3 is 1.20 bits per heavy atom. The number of hydrogen-bond acceptors (Lipinski definition) is 18. The topological polar surface area (TPSA) is 307 Å². The number of aliphatic hydroxyl groups is 11. The monoisotopic (exact) mass is 1160 g/mol. The minimum Gasteiger partial charge on any atom is -0.394 e. The first-order chi connectivity index (χ1) is 39.3. The highest BCUT2D eigenvalue weighted by Gasteiger charge is 2.53. The second-order valence-electron chi connectivity index (χ2n) is 23.2. The van der Waals surface area contributed by atoms with Gasteiger partial charge in [0.1, 0.15) is 73.2 Å². The Kier molecular flexibility index (Phi) is 41.4. The van der Waals surface area contributed by atoms with Crippen LogP contribution >= 0.6 is 0 Å². The average molecular weight is 1160 g/mol. The van der Waals surface area contributed by atoms with E-state index in [1.165, 1.54) is 161 Å². The fourth-order valence-electron chi connectivity index (χ4n) is 11.0. The van der Waals surface area contributed by atoms with Crippen molar-refractivity contribution in [1.82, 2.24) is 5.32 Å². The van der Waals surface area contributed by atoms with Crippen molar-refractivity contribution in [1.29, 1.82) is 0 Å². The highest BCUT2D eigenvalue weighted by molar-refractivity contribution is 5.76. The summed E-state index contributed by atoms with van der Waals surface area (Å²) in [5.41, 5.74) is 0. The lowest BCUT2D eigenvalue weighted by atomic mass is 9.96. The Bertz CT molecular complexity index is 1580. The zero-order valence-electron chi connectivity index (χ0n) is 49.8. The normalized spacial score (nSPS) is 29.9. The second-order valence-corrected chi connectivity index (χ2v) is 23.2. The van der Waals surface area contributed by atoms with Crippen molar-refractivity contribution in [3.63, 3.8) is 0 Å². The summed E-state index contributed by atoms with van der Waals surface area (Å²) >= 11 is 0. The van der Waals surface area contributed by atoms with Crippen molar-refractivity contribution < 1.29 is 89.4 Å². The Hall–Kier alpha value is -1.73. The van der Waals surface area contributed by atoms with Gasteiger partial charge in [-0.3, -0.25) is 4.79 Å². The number of ether oxygens (including phenoxy) is 6. The van der Waals surface area contributed by atoms with Crippen LogP contribution in [0.3, 0.4) is 0 Å². The minimum absolute atomic E-state index is 0.246. The van der Waals surface area contributed by atoms with Gasteiger partial charge >= 0.3 is 0 Å². The number of carbonyl (C=O) groups excluding carboxylic acids is 1. The van der Waals surface area contributed by atoms with Crippen molar-refractivity contribution in [2.45, 2.75) is 336 Å². The molecule has 3 rings (SSSR count). The van der Waals surface area contributed by atoms with Crippen molar-refractivity contribution in [3.8, 4) is 0 Å². The molecule has 1 amide bonds. The quantitative estimate of drug-likeness (QED) is 0.0222. The maximum atomic E-state index is 13.3. The molecule has 0 aromatic rings. The van der Waals surface area contributed by atoms with Gasteiger partial charge in [0.05, 0.1) is 38.6 Å². The largest absolute Gasteiger partial charge is 0.394 e. The summed E-state index contributed by atoms with van der Waals surface area (Å²) < 4.78 is 34.3. The first-order valence-corrected chi connectivity index (χ1v) is 32.1. The molecule has 3 saturated heterocycles. The van der Waals surface area contributed by atoms with Gasteiger partial charge in [-0.2, -0.15) is 0 Å². The molecular weight excluding hydrogens is 1050 g/mol. The van der Waals surface area contributed by atoms with E-state index in [4.69, 9.17) is 28.4 Å². The molecule has 0 saturated carbocycles. The number of nitrogens with one attached hydrogen (secondary N) is 1. The maximum absolute atomic E-state index is 13.3. The van der Waals surface area contributed by atoms with Gasteiger partial charge in [-0.15, -0.1) is 0 Å². The molecule has 19 nitrogen and oxygen atoms in total. The van der Waals surface area contributed by atoms with E-state index in [0.29, 0.717) is 6.42 Å². The number of aliphatic hydroxyl groups excluding tert-OH is 11. The van der Waals surface area contributed by atoms with Crippen LogP contribution in [-0.2, 0) is 33.2 Å². The first kappa shape index (κ1) is 73.5. The maximum Gasteiger partial charge on any atom is 0.220 e. The molecule has 19 heteroatoms. The fourth-order valence-corrected chi connectivity index (χ4v) is 11.0. The lowest BCUT2D eigenvalue weighted by Gasteiger charge is -2.48. The smallest absolute Gasteiger partial charge is 0.220 e. The lowest BCUT2D eigenvalue weighted by molar-refractivity contribution is -0.379. The molecule has 476 valence electrons. The van der Waals surface area contributed by atoms with Gasteiger partial charge in [-0.1, -0.05) is 205 Å². The van der Waals surface area contributed by atoms with E-state index in [1.54, 1.807) is 6.08 Å². The van der Waals surface area contributed by atoms with Crippen LogP contribution in [-0.4, -0.2) is 193 Å². The van der Waals surface area contributed by atoms with E-state index >= 15 is 0 Å². The summed E-state index contributed by atoms with van der Waals surface area (Å²) in [5, 5.41) is 120. The molecule has 0 unspecified atom stereocenters. The molecule has 0 aromatic carbocycles. The van der Waals surface area contributed by atoms with Gasteiger partial charge in [-0.25, -0.2) is 0 Å². The summed E-state index contributed by atoms with van der Waals surface area (Å²) in [7, 11) is 0. The third-order valence-electron chi connectivity index (χ3n) is 16.2. The Morgan fingerprint density at radius 2 is 0.778 bits per heavy atom. The standard InChI is InChI=1S/C62H115NO18/c1-3-5-7-9-11-13-15-17-18-19-20-21-22-23-24-25-26-28-30-32-34-36-38-40-50(68)63-45(46(67)39-37-35-33-31-29-27-16-14-12-10-8-6-4-2)44-76-60-56(74)53(71)58(48(42-65)78-60)81-62-57(75)54(72)59(49(43-66)79-62)80-61-55(73)52(70)51(69)47(41-64)77-61/h17-18,37,39,45-49,51-62,64-67,69-75H,3-16,19-36,38,40-44H2,1-2H3,(H,63,68)/b18-17-,39-37+/t45-,46+,47+,48+,49+,51-,52-,53+,54+,55+,56+,57+,58+,59-,60+,61+,62-/m0/s1. The predicted octanol–water partition coefficient (Wildman–Crippen LogP) is 6.71. The van der Waals surface area contributed by atoms with Gasteiger partial charge in [0, 0.05) is 6.42 Å². The fraction of sp³-hybridized carbons (Fsp3) is 0.919. The molecule has 0 radical (unpaired) electrons. The van der Waals surface area contributed by atoms with E-state index in [-0.39, 0.29) is 18.9 Å². The van der Waals surface area contributed by atoms with Crippen LogP contribution in [0, 0.1) is 0 Å². The molecule has 12 N–H and O–H groups in total. The Labute approximate surface area is 486 Å². The third-order valence-corrected chi connectivity index (χ3v) is 16.2. The number of allylic oxidation sites excluding steroid dienone is 3. The first-order valence-electron chi connectivity index (χ1n) is 32.1. The second kappa shape index (κ2) is 45.6. The molecule has 3 heterocycles. The third kappa shape index (κ3) is 29.0. The number of rotatable bonds is 48. The van der Waals surface area contributed by atoms with Crippen LogP contribution in [0.5, 0.6) is 0 Å². The number of unbranched alkanes of at least 4 members (excludes halogenated alkanes) is 30. The summed E-state index contributed by atoms with van der Waals surface area (Å²) in [6.45, 7) is 1.72. The highest BCUT2D eigenvalue weighted by Crippen LogP contribution is 2.33. The lowest BCUT2D eigenvalue weighted by Crippen LogP contribution is -2.66. The van der Waals surface area contributed by atoms with Crippen molar-refractivity contribution in [2.75, 3.05) is 26.4 Å². The van der Waals surface area contributed by atoms with Crippen molar-refractivity contribution >= 4 is 5.91 Å². The Morgan fingerprint density at radius 1 is 0.432 bits per heavy atom. The Balaban J connectivity index is 1.45. The van der Waals surface area contributed by atoms with E-state index < -0.39 is 124 Å².